The van der Waals surface area contributed by atoms with Gasteiger partial charge in [0.15, 0.2) is 0 Å². The number of carboxylic acids is 1. The van der Waals surface area contributed by atoms with Crippen molar-refractivity contribution in [3.8, 4) is 5.75 Å². The number of rotatable bonds is 5. The Morgan fingerprint density at radius 2 is 1.89 bits per heavy atom. The van der Waals surface area contributed by atoms with Crippen molar-refractivity contribution in [3.63, 3.8) is 0 Å². The van der Waals surface area contributed by atoms with Crippen LogP contribution in [-0.4, -0.2) is 22.0 Å². The molecule has 0 spiro atoms. The number of benzene rings is 2. The van der Waals surface area contributed by atoms with Crippen LogP contribution in [0.25, 0.3) is 10.9 Å². The molecule has 0 aliphatic heterocycles. The first kappa shape index (κ1) is 19.4. The van der Waals surface area contributed by atoms with Gasteiger partial charge in [0.1, 0.15) is 10.9 Å². The second kappa shape index (κ2) is 7.32. The number of carbonyl (C=O) groups is 1. The van der Waals surface area contributed by atoms with Gasteiger partial charge in [0.25, 0.3) is 0 Å². The minimum atomic E-state index is -4.79. The number of fused-ring (bicyclic) bond motifs is 1. The number of carboxylic acid groups (broad SMARTS) is 1. The Bertz CT molecular complexity index is 1010. The molecule has 0 amide bonds. The Hall–Kier alpha value is -2.38. The molecule has 0 bridgehead atoms. The molecule has 9 heteroatoms. The number of alkyl halides is 3. The minimum absolute atomic E-state index is 0.131. The molecule has 0 radical (unpaired) electrons. The first-order valence-corrected chi connectivity index (χ1v) is 8.42. The maximum atomic E-state index is 12.4. The van der Waals surface area contributed by atoms with Gasteiger partial charge < -0.3 is 14.4 Å². The number of ether oxygens (including phenoxy) is 1. The average molecular weight is 418 g/mol. The summed E-state index contributed by atoms with van der Waals surface area (Å²) in [5.74, 6) is -1.40. The molecule has 3 aromatic rings. The van der Waals surface area contributed by atoms with E-state index in [0.717, 1.165) is 0 Å². The van der Waals surface area contributed by atoms with E-state index < -0.39 is 12.3 Å². The summed E-state index contributed by atoms with van der Waals surface area (Å²) in [5.41, 5.74) is 1.53. The standard InChI is InChI=1S/C18H12Cl2F3NO3/c19-11-4-5-15-13(7-11)14(8-16(25)26)17(20)24(15)9-10-2-1-3-12(6-10)27-18(21,22)23/h1-7H,8-9H2,(H,25,26). The van der Waals surface area contributed by atoms with Crippen LogP contribution in [-0.2, 0) is 17.8 Å². The fourth-order valence-electron chi connectivity index (χ4n) is 2.86. The first-order chi connectivity index (χ1) is 12.6. The molecule has 0 fully saturated rings. The molecule has 1 N–H and O–H groups in total. The van der Waals surface area contributed by atoms with Crippen molar-refractivity contribution in [1.82, 2.24) is 4.57 Å². The zero-order chi connectivity index (χ0) is 19.8. The van der Waals surface area contributed by atoms with E-state index in [4.69, 9.17) is 28.3 Å². The molecule has 0 aliphatic carbocycles. The molecule has 2 aromatic carbocycles. The highest BCUT2D eigenvalue weighted by atomic mass is 35.5. The van der Waals surface area contributed by atoms with E-state index in [0.29, 0.717) is 27.1 Å². The summed E-state index contributed by atoms with van der Waals surface area (Å²) >= 11 is 12.4. The van der Waals surface area contributed by atoms with E-state index >= 15 is 0 Å². The zero-order valence-corrected chi connectivity index (χ0v) is 15.1. The van der Waals surface area contributed by atoms with E-state index in [1.165, 1.54) is 18.2 Å². The fraction of sp³-hybridized carbons (Fsp3) is 0.167. The van der Waals surface area contributed by atoms with Crippen LogP contribution in [0.2, 0.25) is 10.2 Å². The monoisotopic (exact) mass is 417 g/mol. The Morgan fingerprint density at radius 1 is 1.15 bits per heavy atom. The maximum Gasteiger partial charge on any atom is 0.573 e. The molecule has 0 unspecified atom stereocenters. The zero-order valence-electron chi connectivity index (χ0n) is 13.6. The van der Waals surface area contributed by atoms with Crippen LogP contribution in [0.4, 0.5) is 13.2 Å². The van der Waals surface area contributed by atoms with E-state index in [9.17, 15) is 18.0 Å². The molecule has 142 valence electrons. The average Bonchev–Trinajstić information content (AvgIpc) is 2.78. The van der Waals surface area contributed by atoms with Gasteiger partial charge in [0.2, 0.25) is 0 Å². The topological polar surface area (TPSA) is 51.5 Å². The molecule has 0 saturated carbocycles. The van der Waals surface area contributed by atoms with Gasteiger partial charge in [-0.2, -0.15) is 0 Å². The van der Waals surface area contributed by atoms with Crippen molar-refractivity contribution >= 4 is 40.1 Å². The molecule has 27 heavy (non-hydrogen) atoms. The Kier molecular flexibility index (Phi) is 5.26. The highest BCUT2D eigenvalue weighted by Crippen LogP contribution is 2.33. The van der Waals surface area contributed by atoms with Gasteiger partial charge in [-0.05, 0) is 35.9 Å². The number of aliphatic carboxylic acids is 1. The second-order valence-electron chi connectivity index (χ2n) is 5.78. The minimum Gasteiger partial charge on any atom is -0.481 e. The van der Waals surface area contributed by atoms with Crippen molar-refractivity contribution in [2.45, 2.75) is 19.3 Å². The normalized spacial score (nSPS) is 11.7. The van der Waals surface area contributed by atoms with E-state index in [2.05, 4.69) is 4.74 Å². The van der Waals surface area contributed by atoms with Gasteiger partial charge in [-0.15, -0.1) is 13.2 Å². The second-order valence-corrected chi connectivity index (χ2v) is 6.58. The van der Waals surface area contributed by atoms with E-state index in [1.54, 1.807) is 28.8 Å². The lowest BCUT2D eigenvalue weighted by Crippen LogP contribution is -2.17. The molecule has 1 aromatic heterocycles. The SMILES string of the molecule is O=C(O)Cc1c(Cl)n(Cc2cccc(OC(F)(F)F)c2)c2ccc(Cl)cc12. The molecular weight excluding hydrogens is 406 g/mol. The number of halogens is 5. The summed E-state index contributed by atoms with van der Waals surface area (Å²) in [6.07, 6.45) is -5.10. The highest BCUT2D eigenvalue weighted by molar-refractivity contribution is 6.33. The van der Waals surface area contributed by atoms with E-state index in [-0.39, 0.29) is 23.9 Å². The van der Waals surface area contributed by atoms with Crippen molar-refractivity contribution in [3.05, 3.63) is 63.8 Å². The molecule has 0 atom stereocenters. The molecule has 1 heterocycles. The van der Waals surface area contributed by atoms with Crippen molar-refractivity contribution in [2.24, 2.45) is 0 Å². The van der Waals surface area contributed by atoms with E-state index in [1.807, 2.05) is 0 Å². The smallest absolute Gasteiger partial charge is 0.481 e. The lowest BCUT2D eigenvalue weighted by atomic mass is 10.1. The van der Waals surface area contributed by atoms with Crippen LogP contribution >= 0.6 is 23.2 Å². The van der Waals surface area contributed by atoms with Crippen molar-refractivity contribution in [1.29, 1.82) is 0 Å². The lowest BCUT2D eigenvalue weighted by molar-refractivity contribution is -0.274. The number of hydrogen-bond acceptors (Lipinski definition) is 2. The van der Waals surface area contributed by atoms with Crippen LogP contribution in [0.1, 0.15) is 11.1 Å². The summed E-state index contributed by atoms with van der Waals surface area (Å²) in [6, 6.07) is 10.4. The molecule has 0 saturated heterocycles. The van der Waals surface area contributed by atoms with Crippen molar-refractivity contribution < 1.29 is 27.8 Å². The maximum absolute atomic E-state index is 12.4. The Morgan fingerprint density at radius 3 is 2.56 bits per heavy atom. The summed E-state index contributed by atoms with van der Waals surface area (Å²) in [4.78, 5) is 11.2. The Balaban J connectivity index is 2.04. The summed E-state index contributed by atoms with van der Waals surface area (Å²) in [6.45, 7) is 0.131. The third-order valence-corrected chi connectivity index (χ3v) is 4.53. The quantitative estimate of drug-likeness (QED) is 0.594. The third-order valence-electron chi connectivity index (χ3n) is 3.86. The van der Waals surface area contributed by atoms with Crippen LogP contribution < -0.4 is 4.74 Å². The predicted molar refractivity (Wildman–Crippen MR) is 95.5 cm³/mol. The predicted octanol–water partition coefficient (Wildman–Crippen LogP) is 5.52. The van der Waals surface area contributed by atoms with Gasteiger partial charge in [-0.25, -0.2) is 0 Å². The fourth-order valence-corrected chi connectivity index (χ4v) is 3.35. The van der Waals surface area contributed by atoms with Gasteiger partial charge in [-0.1, -0.05) is 35.3 Å². The largest absolute Gasteiger partial charge is 0.573 e. The first-order valence-electron chi connectivity index (χ1n) is 7.66. The van der Waals surface area contributed by atoms with Crippen LogP contribution in [0.3, 0.4) is 0 Å². The van der Waals surface area contributed by atoms with Crippen LogP contribution in [0.5, 0.6) is 5.75 Å². The summed E-state index contributed by atoms with van der Waals surface area (Å²) in [5, 5.41) is 10.3. The highest BCUT2D eigenvalue weighted by Gasteiger charge is 2.31. The molecule has 3 rings (SSSR count). The number of aromatic nitrogens is 1. The molecule has 0 aliphatic rings. The van der Waals surface area contributed by atoms with Gasteiger partial charge in [0.05, 0.1) is 6.42 Å². The van der Waals surface area contributed by atoms with Gasteiger partial charge in [0, 0.05) is 28.0 Å². The number of hydrogen-bond donors (Lipinski definition) is 1. The lowest BCUT2D eigenvalue weighted by Gasteiger charge is -2.12. The number of nitrogens with zero attached hydrogens (tertiary/aromatic N) is 1. The van der Waals surface area contributed by atoms with Crippen LogP contribution in [0.15, 0.2) is 42.5 Å². The Labute approximate surface area is 161 Å². The summed E-state index contributed by atoms with van der Waals surface area (Å²) in [7, 11) is 0. The van der Waals surface area contributed by atoms with Crippen molar-refractivity contribution in [2.75, 3.05) is 0 Å². The molecular formula is C18H12Cl2F3NO3. The summed E-state index contributed by atoms with van der Waals surface area (Å²) < 4.78 is 42.8. The third kappa shape index (κ3) is 4.48. The van der Waals surface area contributed by atoms with Crippen LogP contribution in [0, 0.1) is 0 Å². The molecule has 4 nitrogen and oxygen atoms in total. The van der Waals surface area contributed by atoms with Gasteiger partial charge in [-0.3, -0.25) is 4.79 Å². The van der Waals surface area contributed by atoms with Gasteiger partial charge >= 0.3 is 12.3 Å².